The quantitative estimate of drug-likeness (QED) is 0.732. The minimum absolute atomic E-state index is 0.881. The molecule has 0 atom stereocenters. The molecule has 0 N–H and O–H groups in total. The van der Waals surface area contributed by atoms with Crippen molar-refractivity contribution in [3.8, 4) is 11.4 Å². The van der Waals surface area contributed by atoms with Crippen LogP contribution in [-0.4, -0.2) is 23.4 Å². The molecular formula is C20H21N3O. The van der Waals surface area contributed by atoms with Crippen molar-refractivity contribution in [3.63, 3.8) is 0 Å². The van der Waals surface area contributed by atoms with Crippen LogP contribution in [0.25, 0.3) is 5.69 Å². The van der Waals surface area contributed by atoms with Gasteiger partial charge in [0.25, 0.3) is 0 Å². The Morgan fingerprint density at radius 3 is 2.83 bits per heavy atom. The van der Waals surface area contributed by atoms with E-state index in [1.165, 1.54) is 23.2 Å². The van der Waals surface area contributed by atoms with E-state index >= 15 is 0 Å². The van der Waals surface area contributed by atoms with Gasteiger partial charge < -0.3 is 9.64 Å². The maximum absolute atomic E-state index is 5.35. The number of hydrogen-bond donors (Lipinski definition) is 0. The van der Waals surface area contributed by atoms with Crippen LogP contribution >= 0.6 is 0 Å². The second kappa shape index (κ2) is 6.40. The zero-order valence-corrected chi connectivity index (χ0v) is 13.9. The van der Waals surface area contributed by atoms with Gasteiger partial charge in [0.15, 0.2) is 0 Å². The summed E-state index contributed by atoms with van der Waals surface area (Å²) in [7, 11) is 1.72. The van der Waals surface area contributed by atoms with Gasteiger partial charge in [-0.1, -0.05) is 18.2 Å². The molecule has 0 saturated heterocycles. The minimum atomic E-state index is 0.881. The first-order valence-corrected chi connectivity index (χ1v) is 8.34. The van der Waals surface area contributed by atoms with Crippen molar-refractivity contribution in [1.29, 1.82) is 0 Å². The number of rotatable bonds is 4. The molecule has 4 heteroatoms. The smallest absolute Gasteiger partial charge is 0.119 e. The van der Waals surface area contributed by atoms with Gasteiger partial charge in [-0.05, 0) is 48.7 Å². The Kier molecular flexibility index (Phi) is 3.95. The molecule has 0 saturated carbocycles. The van der Waals surface area contributed by atoms with Crippen LogP contribution in [0.4, 0.5) is 5.69 Å². The predicted octanol–water partition coefficient (Wildman–Crippen LogP) is 3.83. The Morgan fingerprint density at radius 2 is 2.00 bits per heavy atom. The predicted molar refractivity (Wildman–Crippen MR) is 95.9 cm³/mol. The van der Waals surface area contributed by atoms with Crippen molar-refractivity contribution in [2.45, 2.75) is 19.4 Å². The third kappa shape index (κ3) is 2.87. The summed E-state index contributed by atoms with van der Waals surface area (Å²) in [5, 5.41) is 4.51. The fraction of sp³-hybridized carbons (Fsp3) is 0.250. The van der Waals surface area contributed by atoms with Crippen LogP contribution in [0.3, 0.4) is 0 Å². The molecule has 0 amide bonds. The Labute approximate surface area is 142 Å². The molecule has 0 fully saturated rings. The van der Waals surface area contributed by atoms with Crippen molar-refractivity contribution >= 4 is 5.69 Å². The molecule has 4 rings (SSSR count). The maximum atomic E-state index is 5.35. The topological polar surface area (TPSA) is 30.3 Å². The Morgan fingerprint density at radius 1 is 1.12 bits per heavy atom. The normalized spacial score (nSPS) is 13.6. The van der Waals surface area contributed by atoms with Gasteiger partial charge in [-0.2, -0.15) is 5.10 Å². The van der Waals surface area contributed by atoms with Gasteiger partial charge in [0.05, 0.1) is 19.0 Å². The van der Waals surface area contributed by atoms with Crippen LogP contribution < -0.4 is 9.64 Å². The van der Waals surface area contributed by atoms with E-state index in [1.54, 1.807) is 7.11 Å². The van der Waals surface area contributed by atoms with Gasteiger partial charge in [-0.15, -0.1) is 0 Å². The van der Waals surface area contributed by atoms with Crippen LogP contribution in [0.5, 0.6) is 5.75 Å². The number of fused-ring (bicyclic) bond motifs is 1. The van der Waals surface area contributed by atoms with E-state index in [-0.39, 0.29) is 0 Å². The van der Waals surface area contributed by atoms with E-state index in [0.29, 0.717) is 0 Å². The van der Waals surface area contributed by atoms with Gasteiger partial charge >= 0.3 is 0 Å². The van der Waals surface area contributed by atoms with Gasteiger partial charge in [0.1, 0.15) is 5.75 Å². The van der Waals surface area contributed by atoms with Crippen LogP contribution in [0.2, 0.25) is 0 Å². The number of hydrogen-bond acceptors (Lipinski definition) is 3. The van der Waals surface area contributed by atoms with Gasteiger partial charge in [0, 0.05) is 30.5 Å². The average Bonchev–Trinajstić information content (AvgIpc) is 3.11. The lowest BCUT2D eigenvalue weighted by Gasteiger charge is -2.31. The molecule has 0 unspecified atom stereocenters. The fourth-order valence-corrected chi connectivity index (χ4v) is 3.33. The summed E-state index contributed by atoms with van der Waals surface area (Å²) >= 11 is 0. The molecule has 0 radical (unpaired) electrons. The van der Waals surface area contributed by atoms with Crippen LogP contribution in [0.1, 0.15) is 17.5 Å². The molecule has 2 aromatic carbocycles. The van der Waals surface area contributed by atoms with Gasteiger partial charge in [0.2, 0.25) is 0 Å². The van der Waals surface area contributed by atoms with Crippen molar-refractivity contribution in [3.05, 3.63) is 72.1 Å². The van der Waals surface area contributed by atoms with Crippen LogP contribution in [0, 0.1) is 0 Å². The highest BCUT2D eigenvalue weighted by molar-refractivity contribution is 5.58. The largest absolute Gasteiger partial charge is 0.497 e. The van der Waals surface area contributed by atoms with E-state index in [1.807, 2.05) is 35.1 Å². The first-order valence-electron chi connectivity index (χ1n) is 8.34. The molecule has 122 valence electrons. The summed E-state index contributed by atoms with van der Waals surface area (Å²) in [6, 6.07) is 16.6. The Balaban J connectivity index is 1.56. The number of nitrogens with zero attached hydrogens (tertiary/aromatic N) is 3. The first-order chi connectivity index (χ1) is 11.8. The number of aryl methyl sites for hydroxylation is 1. The third-order valence-electron chi connectivity index (χ3n) is 4.53. The molecule has 0 aliphatic carbocycles. The lowest BCUT2D eigenvalue weighted by Crippen LogP contribution is -2.28. The zero-order chi connectivity index (χ0) is 16.4. The molecular weight excluding hydrogens is 298 g/mol. The number of aromatic nitrogens is 2. The number of methoxy groups -OCH3 is 1. The van der Waals surface area contributed by atoms with Crippen molar-refractivity contribution in [1.82, 2.24) is 9.78 Å². The molecule has 3 aromatic rings. The molecule has 0 spiro atoms. The molecule has 1 aromatic heterocycles. The highest BCUT2D eigenvalue weighted by Gasteiger charge is 2.18. The molecule has 1 aliphatic rings. The van der Waals surface area contributed by atoms with Gasteiger partial charge in [-0.25, -0.2) is 4.68 Å². The average molecular weight is 319 g/mol. The zero-order valence-electron chi connectivity index (χ0n) is 13.9. The highest BCUT2D eigenvalue weighted by atomic mass is 16.5. The number of benzene rings is 2. The summed E-state index contributed by atoms with van der Waals surface area (Å²) in [6.07, 6.45) is 6.37. The van der Waals surface area contributed by atoms with Crippen molar-refractivity contribution in [2.24, 2.45) is 0 Å². The number of ether oxygens (including phenoxy) is 1. The summed E-state index contributed by atoms with van der Waals surface area (Å²) in [5.74, 6) is 0.937. The molecule has 2 heterocycles. The highest BCUT2D eigenvalue weighted by Crippen LogP contribution is 2.31. The lowest BCUT2D eigenvalue weighted by molar-refractivity contribution is 0.414. The Hall–Kier alpha value is -2.75. The van der Waals surface area contributed by atoms with Crippen molar-refractivity contribution < 1.29 is 4.74 Å². The van der Waals surface area contributed by atoms with Gasteiger partial charge in [-0.3, -0.25) is 0 Å². The summed E-state index contributed by atoms with van der Waals surface area (Å²) in [4.78, 5) is 2.44. The summed E-state index contributed by atoms with van der Waals surface area (Å²) < 4.78 is 7.29. The minimum Gasteiger partial charge on any atom is -0.497 e. The second-order valence-electron chi connectivity index (χ2n) is 6.15. The molecule has 1 aliphatic heterocycles. The summed E-state index contributed by atoms with van der Waals surface area (Å²) in [6.45, 7) is 1.96. The fourth-order valence-electron chi connectivity index (χ4n) is 3.33. The number of anilines is 1. The van der Waals surface area contributed by atoms with E-state index < -0.39 is 0 Å². The molecule has 4 nitrogen and oxygen atoms in total. The first kappa shape index (κ1) is 14.8. The molecule has 24 heavy (non-hydrogen) atoms. The second-order valence-corrected chi connectivity index (χ2v) is 6.15. The van der Waals surface area contributed by atoms with E-state index in [4.69, 9.17) is 4.74 Å². The monoisotopic (exact) mass is 319 g/mol. The lowest BCUT2D eigenvalue weighted by atomic mass is 10.0. The van der Waals surface area contributed by atoms with Crippen LogP contribution in [-0.2, 0) is 13.0 Å². The van der Waals surface area contributed by atoms with Crippen LogP contribution in [0.15, 0.2) is 60.9 Å². The standard InChI is InChI=1S/C20H21N3O/c1-24-19-9-10-20-17(12-19)6-5-11-22(20)14-16-13-21-23(15-16)18-7-3-2-4-8-18/h2-4,7-10,12-13,15H,5-6,11,14H2,1H3. The van der Waals surface area contributed by atoms with Crippen molar-refractivity contribution in [2.75, 3.05) is 18.6 Å². The van der Waals surface area contributed by atoms with E-state index in [2.05, 4.69) is 40.5 Å². The Bertz CT molecular complexity index is 826. The number of para-hydroxylation sites is 1. The van der Waals surface area contributed by atoms with E-state index in [0.717, 1.165) is 30.9 Å². The molecule has 0 bridgehead atoms. The van der Waals surface area contributed by atoms with E-state index in [9.17, 15) is 0 Å². The third-order valence-corrected chi connectivity index (χ3v) is 4.53. The summed E-state index contributed by atoms with van der Waals surface area (Å²) in [5.41, 5.74) is 5.00. The maximum Gasteiger partial charge on any atom is 0.119 e. The SMILES string of the molecule is COc1ccc2c(c1)CCCN2Cc1cnn(-c2ccccc2)c1.